The van der Waals surface area contributed by atoms with E-state index in [1.165, 1.54) is 0 Å². The van der Waals surface area contributed by atoms with E-state index in [9.17, 15) is 4.57 Å². The van der Waals surface area contributed by atoms with Gasteiger partial charge in [-0.25, -0.2) is 4.57 Å². The van der Waals surface area contributed by atoms with Gasteiger partial charge in [0.25, 0.3) is 0 Å². The average Bonchev–Trinajstić information content (AvgIpc) is 2.23. The topological polar surface area (TPSA) is 44.8 Å². The number of unbranched alkanes of at least 4 members (excludes halogenated alkanes) is 1. The molecule has 0 aromatic rings. The van der Waals surface area contributed by atoms with Crippen LogP contribution in [0.25, 0.3) is 0 Å². The molecular weight excluding hydrogens is 327 g/mol. The predicted molar refractivity (Wildman–Crippen MR) is 95.0 cm³/mol. The van der Waals surface area contributed by atoms with Crippen molar-refractivity contribution in [3.8, 4) is 0 Å². The Morgan fingerprint density at radius 1 is 1.10 bits per heavy atom. The Hall–Kier alpha value is 0.810. The summed E-state index contributed by atoms with van der Waals surface area (Å²) < 4.78 is 28.9. The van der Waals surface area contributed by atoms with Gasteiger partial charge >= 0.3 is 7.82 Å². The van der Waals surface area contributed by atoms with E-state index in [2.05, 4.69) is 13.8 Å². The highest BCUT2D eigenvalue weighted by molar-refractivity contribution is 8.76. The molecule has 0 aliphatic heterocycles. The van der Waals surface area contributed by atoms with E-state index < -0.39 is 13.4 Å². The van der Waals surface area contributed by atoms with Crippen molar-refractivity contribution in [1.29, 1.82) is 0 Å². The van der Waals surface area contributed by atoms with Gasteiger partial charge in [0.15, 0.2) is 0 Å². The van der Waals surface area contributed by atoms with Crippen LogP contribution in [0.3, 0.4) is 0 Å². The Kier molecular flexibility index (Phi) is 11.0. The van der Waals surface area contributed by atoms with Crippen molar-refractivity contribution in [3.05, 3.63) is 0 Å². The lowest BCUT2D eigenvalue weighted by Crippen LogP contribution is -2.20. The van der Waals surface area contributed by atoms with Gasteiger partial charge in [-0.15, -0.1) is 0 Å². The molecule has 0 aromatic heterocycles. The fourth-order valence-electron chi connectivity index (χ4n) is 1.30. The zero-order valence-electron chi connectivity index (χ0n) is 14.4. The zero-order valence-corrected chi connectivity index (χ0v) is 16.9. The Labute approximate surface area is 138 Å². The SMILES string of the molecule is CC(C)OP(=O)(OCCCCSSC(C)C)OC(C)(C)C. The van der Waals surface area contributed by atoms with Gasteiger partial charge < -0.3 is 0 Å². The number of hydrogen-bond donors (Lipinski definition) is 0. The highest BCUT2D eigenvalue weighted by atomic mass is 33.1. The van der Waals surface area contributed by atoms with Gasteiger partial charge in [-0.2, -0.15) is 0 Å². The van der Waals surface area contributed by atoms with Crippen LogP contribution in [0.1, 0.15) is 61.3 Å². The third-order valence-corrected chi connectivity index (χ3v) is 6.85. The van der Waals surface area contributed by atoms with Crippen molar-refractivity contribution < 1.29 is 18.1 Å². The summed E-state index contributed by atoms with van der Waals surface area (Å²) >= 11 is 0. The van der Waals surface area contributed by atoms with Gasteiger partial charge in [0.1, 0.15) is 0 Å². The Morgan fingerprint density at radius 3 is 2.19 bits per heavy atom. The fraction of sp³-hybridized carbons (Fsp3) is 1.00. The maximum Gasteiger partial charge on any atom is 0.475 e. The van der Waals surface area contributed by atoms with Gasteiger partial charge in [0.2, 0.25) is 0 Å². The second-order valence-electron chi connectivity index (χ2n) is 6.31. The summed E-state index contributed by atoms with van der Waals surface area (Å²) in [5, 5.41) is 0.645. The molecule has 0 amide bonds. The molecule has 0 spiro atoms. The van der Waals surface area contributed by atoms with Crippen molar-refractivity contribution in [1.82, 2.24) is 0 Å². The monoisotopic (exact) mass is 358 g/mol. The fourth-order valence-corrected chi connectivity index (χ4v) is 5.14. The van der Waals surface area contributed by atoms with Gasteiger partial charge in [-0.05, 0) is 47.5 Å². The van der Waals surface area contributed by atoms with Gasteiger partial charge in [-0.1, -0.05) is 35.4 Å². The number of hydrogen-bond acceptors (Lipinski definition) is 6. The van der Waals surface area contributed by atoms with Crippen molar-refractivity contribution in [2.75, 3.05) is 12.4 Å². The number of rotatable bonds is 11. The third kappa shape index (κ3) is 14.2. The highest BCUT2D eigenvalue weighted by Crippen LogP contribution is 2.53. The lowest BCUT2D eigenvalue weighted by molar-refractivity contribution is 0.0308. The molecular formula is C14H31O4PS2. The molecule has 0 saturated heterocycles. The van der Waals surface area contributed by atoms with Crippen molar-refractivity contribution >= 4 is 29.4 Å². The van der Waals surface area contributed by atoms with Crippen LogP contribution in [0.15, 0.2) is 0 Å². The summed E-state index contributed by atoms with van der Waals surface area (Å²) in [6, 6.07) is 0. The summed E-state index contributed by atoms with van der Waals surface area (Å²) in [5.74, 6) is 1.07. The summed E-state index contributed by atoms with van der Waals surface area (Å²) in [7, 11) is 0.272. The molecule has 7 heteroatoms. The molecule has 21 heavy (non-hydrogen) atoms. The number of phosphoric ester groups is 1. The molecule has 1 atom stereocenters. The largest absolute Gasteiger partial charge is 0.475 e. The molecule has 0 bridgehead atoms. The van der Waals surface area contributed by atoms with Crippen LogP contribution in [0.2, 0.25) is 0 Å². The number of phosphoric acid groups is 1. The second kappa shape index (κ2) is 10.6. The highest BCUT2D eigenvalue weighted by Gasteiger charge is 2.33. The lowest BCUT2D eigenvalue weighted by atomic mass is 10.2. The standard InChI is InChI=1S/C14H31O4PS2/c1-12(2)17-19(15,18-14(5,6)7)16-10-8-9-11-20-21-13(3)4/h12-13H,8-11H2,1-7H3. The summed E-state index contributed by atoms with van der Waals surface area (Å²) in [6.07, 6.45) is 1.68. The first kappa shape index (κ1) is 21.8. The van der Waals surface area contributed by atoms with E-state index in [1.807, 2.05) is 56.2 Å². The van der Waals surface area contributed by atoms with Gasteiger partial charge in [0.05, 0.1) is 18.3 Å². The molecule has 0 N–H and O–H groups in total. The molecule has 0 radical (unpaired) electrons. The minimum Gasteiger partial charge on any atom is -0.287 e. The first-order valence-corrected chi connectivity index (χ1v) is 11.3. The molecule has 1 unspecified atom stereocenters. The van der Waals surface area contributed by atoms with E-state index in [-0.39, 0.29) is 6.10 Å². The second-order valence-corrected chi connectivity index (χ2v) is 10.9. The minimum absolute atomic E-state index is 0.198. The van der Waals surface area contributed by atoms with Crippen LogP contribution < -0.4 is 0 Å². The maximum atomic E-state index is 12.5. The minimum atomic E-state index is -3.48. The molecule has 128 valence electrons. The van der Waals surface area contributed by atoms with Crippen LogP contribution in [0.4, 0.5) is 0 Å². The lowest BCUT2D eigenvalue weighted by Gasteiger charge is -2.27. The summed E-state index contributed by atoms with van der Waals surface area (Å²) in [6.45, 7) is 13.9. The molecule has 4 nitrogen and oxygen atoms in total. The Bertz CT molecular complexity index is 317. The molecule has 0 aliphatic carbocycles. The summed E-state index contributed by atoms with van der Waals surface area (Å²) in [5.41, 5.74) is -0.561. The molecule has 0 saturated carbocycles. The first-order chi connectivity index (χ1) is 9.54. The quantitative estimate of drug-likeness (QED) is 0.259. The zero-order chi connectivity index (χ0) is 16.5. The van der Waals surface area contributed by atoms with Crippen LogP contribution in [-0.2, 0) is 18.1 Å². The van der Waals surface area contributed by atoms with Crippen LogP contribution >= 0.6 is 29.4 Å². The van der Waals surface area contributed by atoms with E-state index in [0.717, 1.165) is 18.6 Å². The smallest absolute Gasteiger partial charge is 0.287 e. The average molecular weight is 359 g/mol. The molecule has 0 aliphatic rings. The molecule has 0 aromatic carbocycles. The Balaban J connectivity index is 4.05. The van der Waals surface area contributed by atoms with E-state index in [1.54, 1.807) is 0 Å². The van der Waals surface area contributed by atoms with Crippen LogP contribution in [0, 0.1) is 0 Å². The summed E-state index contributed by atoms with van der Waals surface area (Å²) in [4.78, 5) is 0. The van der Waals surface area contributed by atoms with E-state index in [4.69, 9.17) is 13.6 Å². The Morgan fingerprint density at radius 2 is 1.71 bits per heavy atom. The normalized spacial score (nSPS) is 15.7. The molecule has 0 rings (SSSR count). The van der Waals surface area contributed by atoms with E-state index in [0.29, 0.717) is 11.9 Å². The van der Waals surface area contributed by atoms with Crippen LogP contribution in [0.5, 0.6) is 0 Å². The van der Waals surface area contributed by atoms with Crippen molar-refractivity contribution in [3.63, 3.8) is 0 Å². The van der Waals surface area contributed by atoms with Crippen LogP contribution in [-0.4, -0.2) is 29.3 Å². The predicted octanol–water partition coefficient (Wildman–Crippen LogP) is 5.92. The van der Waals surface area contributed by atoms with Crippen molar-refractivity contribution in [2.24, 2.45) is 0 Å². The van der Waals surface area contributed by atoms with E-state index >= 15 is 0 Å². The molecule has 0 heterocycles. The van der Waals surface area contributed by atoms with Gasteiger partial charge in [0, 0.05) is 11.0 Å². The first-order valence-electron chi connectivity index (χ1n) is 7.46. The maximum absolute atomic E-state index is 12.5. The van der Waals surface area contributed by atoms with Crippen molar-refractivity contribution in [2.45, 2.75) is 78.3 Å². The van der Waals surface area contributed by atoms with Gasteiger partial charge in [-0.3, -0.25) is 13.6 Å². The third-order valence-electron chi connectivity index (χ3n) is 1.86. The molecule has 0 fully saturated rings.